The zero-order chi connectivity index (χ0) is 64.7. The number of carbonyl (C=O) groups excluding carboxylic acids is 2. The van der Waals surface area contributed by atoms with E-state index < -0.39 is 6.10 Å². The zero-order valence-corrected chi connectivity index (χ0v) is 56.3. The van der Waals surface area contributed by atoms with Crippen LogP contribution in [0.2, 0.25) is 0 Å². The first-order valence-corrected chi connectivity index (χ1v) is 34.5. The highest BCUT2D eigenvalue weighted by Crippen LogP contribution is 2.09. The highest BCUT2D eigenvalue weighted by Gasteiger charge is 2.16. The van der Waals surface area contributed by atoms with Crippen molar-refractivity contribution in [2.75, 3.05) is 13.2 Å². The number of carbonyl (C=O) groups is 2. The van der Waals surface area contributed by atoms with E-state index in [9.17, 15) is 14.7 Å². The standard InChI is InChI=1S/C85H122O5/c1-3-5-7-9-11-13-15-17-19-21-23-25-27-29-31-33-35-37-39-41-42-44-46-48-50-52-54-56-58-60-62-64-66-68-70-72-74-76-78-80-85(88)90-83(81-86)82-89-84(87)79-77-75-73-71-69-67-65-63-61-59-57-55-53-51-49-47-45-43-40-38-36-34-32-30-28-26-24-22-20-18-16-14-12-10-8-6-4-2/h5-8,11-14,17-20,23-26,29-32,35-38,41-43,45-46,48-49,51-52,54-55,57-58,60-61,63-64,66-67,69-70,72,83,86H,3-4,9-10,15-16,21-22,27-28,33-34,39-40,44,47,50,53,56,59,62,65,68,71,73-82H2,1-2H3/b7-5-,8-6-,13-11-,14-12-,19-17-,20-18-,25-23-,26-24-,31-29-,32-30-,37-35-,38-36-,42-41-,45-43-,48-46-,51-49-,54-52-,57-55-,60-58-,63-61-,66-64-,69-67-,72-70-. The third-order valence-electron chi connectivity index (χ3n) is 13.2. The van der Waals surface area contributed by atoms with Crippen LogP contribution in [0.15, 0.2) is 279 Å². The zero-order valence-electron chi connectivity index (χ0n) is 56.3. The lowest BCUT2D eigenvalue weighted by Crippen LogP contribution is -2.28. The number of hydrogen-bond acceptors (Lipinski definition) is 5. The van der Waals surface area contributed by atoms with Crippen molar-refractivity contribution in [3.63, 3.8) is 0 Å². The number of rotatable bonds is 59. The van der Waals surface area contributed by atoms with Gasteiger partial charge in [0.25, 0.3) is 0 Å². The molecule has 0 aromatic carbocycles. The second-order valence-electron chi connectivity index (χ2n) is 21.4. The number of unbranched alkanes of at least 4 members (excludes halogenated alkanes) is 5. The molecule has 492 valence electrons. The van der Waals surface area contributed by atoms with Gasteiger partial charge in [0, 0.05) is 12.8 Å². The number of esters is 2. The summed E-state index contributed by atoms with van der Waals surface area (Å²) in [4.78, 5) is 24.6. The second-order valence-corrected chi connectivity index (χ2v) is 21.4. The Morgan fingerprint density at radius 2 is 0.444 bits per heavy atom. The Hall–Kier alpha value is -7.08. The summed E-state index contributed by atoms with van der Waals surface area (Å²) in [5, 5.41) is 9.69. The van der Waals surface area contributed by atoms with Crippen LogP contribution in [0.5, 0.6) is 0 Å². The molecule has 0 rings (SSSR count). The fraction of sp³-hybridized carbons (Fsp3) is 0.435. The predicted molar refractivity (Wildman–Crippen MR) is 397 cm³/mol. The van der Waals surface area contributed by atoms with E-state index in [1.165, 1.54) is 0 Å². The van der Waals surface area contributed by atoms with Gasteiger partial charge in [0.1, 0.15) is 6.61 Å². The molecule has 0 fully saturated rings. The molecule has 1 unspecified atom stereocenters. The highest BCUT2D eigenvalue weighted by molar-refractivity contribution is 5.70. The van der Waals surface area contributed by atoms with E-state index in [0.717, 1.165) is 186 Å². The monoisotopic (exact) mass is 1220 g/mol. The summed E-state index contributed by atoms with van der Waals surface area (Å²) in [6, 6.07) is 0. The van der Waals surface area contributed by atoms with Crippen molar-refractivity contribution in [2.24, 2.45) is 0 Å². The van der Waals surface area contributed by atoms with Gasteiger partial charge in [-0.3, -0.25) is 9.59 Å². The van der Waals surface area contributed by atoms with Gasteiger partial charge >= 0.3 is 11.9 Å². The highest BCUT2D eigenvalue weighted by atomic mass is 16.6. The van der Waals surface area contributed by atoms with Crippen LogP contribution in [-0.2, 0) is 19.1 Å². The van der Waals surface area contributed by atoms with Gasteiger partial charge < -0.3 is 14.6 Å². The van der Waals surface area contributed by atoms with Gasteiger partial charge in [-0.1, -0.05) is 300 Å². The van der Waals surface area contributed by atoms with Crippen LogP contribution in [0.25, 0.3) is 0 Å². The number of aliphatic hydroxyl groups excluding tert-OH is 1. The van der Waals surface area contributed by atoms with Crippen LogP contribution in [-0.4, -0.2) is 36.4 Å². The molecule has 0 saturated heterocycles. The Balaban J connectivity index is 3.77. The molecule has 0 aliphatic heterocycles. The van der Waals surface area contributed by atoms with Crippen molar-refractivity contribution < 1.29 is 24.2 Å². The minimum absolute atomic E-state index is 0.122. The quantitative estimate of drug-likeness (QED) is 0.0373. The Kier molecular flexibility index (Phi) is 70.2. The third-order valence-corrected chi connectivity index (χ3v) is 13.2. The molecule has 0 aromatic rings. The van der Waals surface area contributed by atoms with Gasteiger partial charge in [-0.05, 0) is 186 Å². The van der Waals surface area contributed by atoms with Gasteiger partial charge in [-0.15, -0.1) is 0 Å². The fourth-order valence-corrected chi connectivity index (χ4v) is 8.13. The second kappa shape index (κ2) is 76.2. The normalized spacial score (nSPS) is 14.0. The molecule has 0 radical (unpaired) electrons. The molecule has 1 N–H and O–H groups in total. The molecule has 0 spiro atoms. The van der Waals surface area contributed by atoms with Crippen LogP contribution >= 0.6 is 0 Å². The van der Waals surface area contributed by atoms with Crippen LogP contribution in [0.3, 0.4) is 0 Å². The summed E-state index contributed by atoms with van der Waals surface area (Å²) >= 11 is 0. The molecule has 0 heterocycles. The van der Waals surface area contributed by atoms with Gasteiger partial charge in [-0.2, -0.15) is 0 Å². The topological polar surface area (TPSA) is 72.8 Å². The molecular formula is C85H122O5. The van der Waals surface area contributed by atoms with E-state index in [1.54, 1.807) is 0 Å². The maximum absolute atomic E-state index is 12.3. The van der Waals surface area contributed by atoms with Crippen LogP contribution in [0.1, 0.15) is 219 Å². The molecule has 90 heavy (non-hydrogen) atoms. The van der Waals surface area contributed by atoms with Crippen LogP contribution in [0.4, 0.5) is 0 Å². The van der Waals surface area contributed by atoms with Crippen molar-refractivity contribution in [2.45, 2.75) is 225 Å². The van der Waals surface area contributed by atoms with E-state index in [-0.39, 0.29) is 31.6 Å². The molecule has 0 saturated carbocycles. The van der Waals surface area contributed by atoms with Crippen LogP contribution in [0, 0.1) is 0 Å². The summed E-state index contributed by atoms with van der Waals surface area (Å²) in [5.41, 5.74) is 0. The Bertz CT molecular complexity index is 2380. The van der Waals surface area contributed by atoms with Crippen molar-refractivity contribution in [3.8, 4) is 0 Å². The molecular weight excluding hydrogens is 1100 g/mol. The summed E-state index contributed by atoms with van der Waals surface area (Å²) in [5.74, 6) is -0.706. The number of allylic oxidation sites excluding steroid dienone is 46. The maximum Gasteiger partial charge on any atom is 0.306 e. The predicted octanol–water partition coefficient (Wildman–Crippen LogP) is 24.7. The average Bonchev–Trinajstić information content (AvgIpc) is 3.59. The van der Waals surface area contributed by atoms with Crippen molar-refractivity contribution in [1.29, 1.82) is 0 Å². The average molecular weight is 1220 g/mol. The molecule has 0 bridgehead atoms. The van der Waals surface area contributed by atoms with Crippen molar-refractivity contribution >= 4 is 11.9 Å². The van der Waals surface area contributed by atoms with Crippen molar-refractivity contribution in [1.82, 2.24) is 0 Å². The number of aliphatic hydroxyl groups is 1. The fourth-order valence-electron chi connectivity index (χ4n) is 8.13. The summed E-state index contributed by atoms with van der Waals surface area (Å²) in [6.45, 7) is 3.82. The van der Waals surface area contributed by atoms with E-state index in [4.69, 9.17) is 9.47 Å². The number of hydrogen-bond donors (Lipinski definition) is 1. The molecule has 5 nitrogen and oxygen atoms in total. The molecule has 0 aromatic heterocycles. The minimum atomic E-state index is -0.835. The SMILES string of the molecule is CC/C=C\C/C=C\C/C=C\C/C=C\C/C=C\C/C=C\C/C=C\C/C=C\C/C=C\C/C=C\C/C=C\C/C=C\CCCCC(=O)OC(CO)COC(=O)CCCCC/C=C\C/C=C\C/C=C\C/C=C\C/C=C\C/C=C\C/C=C\C/C=C\C/C=C\C/C=C\C/C=C\CC. The lowest BCUT2D eigenvalue weighted by Gasteiger charge is -2.15. The third kappa shape index (κ3) is 73.4. The van der Waals surface area contributed by atoms with E-state index in [0.29, 0.717) is 12.8 Å². The summed E-state index contributed by atoms with van der Waals surface area (Å²) in [7, 11) is 0. The molecule has 0 amide bonds. The lowest BCUT2D eigenvalue weighted by atomic mass is 10.1. The Morgan fingerprint density at radius 1 is 0.256 bits per heavy atom. The van der Waals surface area contributed by atoms with Gasteiger partial charge in [-0.25, -0.2) is 0 Å². The molecule has 1 atom stereocenters. The van der Waals surface area contributed by atoms with E-state index in [1.807, 2.05) is 0 Å². The largest absolute Gasteiger partial charge is 0.462 e. The lowest BCUT2D eigenvalue weighted by molar-refractivity contribution is -0.161. The maximum atomic E-state index is 12.3. The number of ether oxygens (including phenoxy) is 2. The minimum Gasteiger partial charge on any atom is -0.462 e. The Labute approximate surface area is 551 Å². The van der Waals surface area contributed by atoms with Crippen LogP contribution < -0.4 is 0 Å². The van der Waals surface area contributed by atoms with E-state index in [2.05, 4.69) is 293 Å². The summed E-state index contributed by atoms with van der Waals surface area (Å²) < 4.78 is 10.7. The summed E-state index contributed by atoms with van der Waals surface area (Å²) in [6.07, 6.45) is 131. The van der Waals surface area contributed by atoms with Crippen molar-refractivity contribution in [3.05, 3.63) is 279 Å². The van der Waals surface area contributed by atoms with Gasteiger partial charge in [0.15, 0.2) is 6.10 Å². The van der Waals surface area contributed by atoms with E-state index >= 15 is 0 Å². The van der Waals surface area contributed by atoms with Gasteiger partial charge in [0.05, 0.1) is 6.61 Å². The first-order chi connectivity index (χ1) is 44.6. The first-order valence-electron chi connectivity index (χ1n) is 34.5. The molecule has 0 aliphatic carbocycles. The van der Waals surface area contributed by atoms with Gasteiger partial charge in [0.2, 0.25) is 0 Å². The molecule has 5 heteroatoms. The molecule has 0 aliphatic rings. The first kappa shape index (κ1) is 82.9. The smallest absolute Gasteiger partial charge is 0.306 e. The Morgan fingerprint density at radius 3 is 0.667 bits per heavy atom.